The minimum absolute atomic E-state index is 0. The number of aliphatic hydroxyl groups excluding tert-OH is 2. The lowest BCUT2D eigenvalue weighted by atomic mass is 9.80. The molecule has 0 bridgehead atoms. The maximum atomic E-state index is 11.2. The van der Waals surface area contributed by atoms with E-state index in [0.29, 0.717) is 0 Å². The first kappa shape index (κ1) is 23.7. The molecule has 0 heterocycles. The van der Waals surface area contributed by atoms with Crippen LogP contribution in [0.2, 0.25) is 0 Å². The van der Waals surface area contributed by atoms with Crippen molar-refractivity contribution in [3.8, 4) is 0 Å². The quantitative estimate of drug-likeness (QED) is 0.451. The molecule has 2 aromatic rings. The van der Waals surface area contributed by atoms with Gasteiger partial charge in [-0.2, -0.15) is 0 Å². The van der Waals surface area contributed by atoms with Crippen LogP contribution in [-0.4, -0.2) is 55.0 Å². The molecule has 0 aromatic heterocycles. The lowest BCUT2D eigenvalue weighted by Crippen LogP contribution is -3.00. The minimum atomic E-state index is -0.768. The molecular weight excluding hydrogens is 430 g/mol. The maximum Gasteiger partial charge on any atom is 0.107 e. The highest BCUT2D eigenvalue weighted by Gasteiger charge is 2.34. The van der Waals surface area contributed by atoms with E-state index in [1.165, 1.54) is 0 Å². The Balaban J connectivity index is 0.00000300. The van der Waals surface area contributed by atoms with Crippen molar-refractivity contribution < 1.29 is 31.7 Å². The molecule has 0 radical (unpaired) electrons. The molecule has 0 aliphatic heterocycles. The summed E-state index contributed by atoms with van der Waals surface area (Å²) in [6, 6.07) is 11.8. The molecule has 1 aliphatic rings. The molecule has 3 unspecified atom stereocenters. The zero-order chi connectivity index (χ0) is 20.5. The molecule has 2 aromatic carbocycles. The summed E-state index contributed by atoms with van der Waals surface area (Å²) in [7, 11) is 6.34. The second kappa shape index (κ2) is 9.47. The van der Waals surface area contributed by atoms with Crippen molar-refractivity contribution >= 4 is 11.4 Å². The molecule has 5 nitrogen and oxygen atoms in total. The van der Waals surface area contributed by atoms with E-state index in [0.717, 1.165) is 57.6 Å². The van der Waals surface area contributed by atoms with Gasteiger partial charge in [-0.25, -0.2) is 0 Å². The third-order valence-electron chi connectivity index (χ3n) is 5.69. The van der Waals surface area contributed by atoms with E-state index in [-0.39, 0.29) is 23.0 Å². The third kappa shape index (κ3) is 4.77. The zero-order valence-electron chi connectivity index (χ0n) is 18.0. The van der Waals surface area contributed by atoms with Crippen LogP contribution in [-0.2, 0) is 0 Å². The summed E-state index contributed by atoms with van der Waals surface area (Å²) in [4.78, 5) is 0. The van der Waals surface area contributed by atoms with E-state index < -0.39 is 12.2 Å². The van der Waals surface area contributed by atoms with Crippen LogP contribution in [0.25, 0.3) is 0 Å². The number of hydrogen-bond acceptors (Lipinski definition) is 4. The summed E-state index contributed by atoms with van der Waals surface area (Å²) in [6.45, 7) is 6.48. The molecule has 1 aliphatic carbocycles. The van der Waals surface area contributed by atoms with Crippen molar-refractivity contribution in [2.24, 2.45) is 0 Å². The molecule has 160 valence electrons. The van der Waals surface area contributed by atoms with Crippen LogP contribution in [0.15, 0.2) is 36.4 Å². The average Bonchev–Trinajstić information content (AvgIpc) is 2.65. The largest absolute Gasteiger partial charge is 1.00 e. The fraction of sp³-hybridized carbons (Fsp3) is 0.478. The lowest BCUT2D eigenvalue weighted by molar-refractivity contribution is -0.890. The van der Waals surface area contributed by atoms with Gasteiger partial charge in [-0.1, -0.05) is 31.2 Å². The number of hydrogen-bond donors (Lipinski definition) is 4. The number of rotatable bonds is 7. The number of halogens is 1. The number of likely N-dealkylation sites (N-methyl/N-ethyl adjacent to an activating group) is 1. The van der Waals surface area contributed by atoms with Crippen LogP contribution >= 0.6 is 0 Å². The molecule has 3 rings (SSSR count). The Kier molecular flexibility index (Phi) is 7.74. The second-order valence-electron chi connectivity index (χ2n) is 8.56. The molecule has 0 spiro atoms. The van der Waals surface area contributed by atoms with Crippen molar-refractivity contribution in [2.45, 2.75) is 38.5 Å². The molecule has 3 atom stereocenters. The molecule has 0 amide bonds. The van der Waals surface area contributed by atoms with Crippen molar-refractivity contribution in [3.05, 3.63) is 58.7 Å². The summed E-state index contributed by atoms with van der Waals surface area (Å²) in [5.74, 6) is 0. The molecule has 6 heteroatoms. The fourth-order valence-electron chi connectivity index (χ4n) is 4.64. The van der Waals surface area contributed by atoms with E-state index in [2.05, 4.69) is 38.6 Å². The summed E-state index contributed by atoms with van der Waals surface area (Å²) in [5, 5.41) is 29.0. The van der Waals surface area contributed by atoms with E-state index >= 15 is 0 Å². The Morgan fingerprint density at radius 2 is 1.48 bits per heavy atom. The van der Waals surface area contributed by atoms with Crippen LogP contribution in [0.3, 0.4) is 0 Å². The predicted molar refractivity (Wildman–Crippen MR) is 116 cm³/mol. The fourth-order valence-corrected chi connectivity index (χ4v) is 4.64. The summed E-state index contributed by atoms with van der Waals surface area (Å²) in [5.41, 5.74) is 4.80. The summed E-state index contributed by atoms with van der Waals surface area (Å²) >= 11 is 0. The van der Waals surface area contributed by atoms with Crippen LogP contribution in [0, 0.1) is 0 Å². The topological polar surface area (TPSA) is 64.5 Å². The Hall–Kier alpha value is -1.60. The Bertz CT molecular complexity index is 841. The zero-order valence-corrected chi connectivity index (χ0v) is 19.6. The molecular formula is C23H34BrN3O2. The van der Waals surface area contributed by atoms with Gasteiger partial charge in [0, 0.05) is 29.5 Å². The monoisotopic (exact) mass is 463 g/mol. The van der Waals surface area contributed by atoms with Gasteiger partial charge in [0.25, 0.3) is 0 Å². The van der Waals surface area contributed by atoms with E-state index in [4.69, 9.17) is 0 Å². The van der Waals surface area contributed by atoms with Crippen molar-refractivity contribution in [1.82, 2.24) is 0 Å². The highest BCUT2D eigenvalue weighted by molar-refractivity contribution is 5.71. The Labute approximate surface area is 185 Å². The van der Waals surface area contributed by atoms with E-state index in [1.54, 1.807) is 0 Å². The molecule has 29 heavy (non-hydrogen) atoms. The van der Waals surface area contributed by atoms with Crippen molar-refractivity contribution in [2.75, 3.05) is 44.9 Å². The number of aliphatic hydroxyl groups is 2. The first-order valence-electron chi connectivity index (χ1n) is 10.2. The van der Waals surface area contributed by atoms with Gasteiger partial charge in [-0.15, -0.1) is 0 Å². The van der Waals surface area contributed by atoms with E-state index in [1.807, 2.05) is 43.4 Å². The standard InChI is InChI=1S/C23H34N3O2.BrH/c1-6-13-26(4,5)14-15(2)25-19-12-11-18(24-3)20-21(19)23(28)17-10-8-7-9-16(17)22(20)27;/h7-12,15,22-25,27-28H,6,13-14H2,1-5H3;1H/q+1;/p-1. The van der Waals surface area contributed by atoms with Crippen molar-refractivity contribution in [3.63, 3.8) is 0 Å². The molecule has 4 N–H and O–H groups in total. The predicted octanol–water partition coefficient (Wildman–Crippen LogP) is 0.496. The highest BCUT2D eigenvalue weighted by atomic mass is 79.9. The van der Waals surface area contributed by atoms with Gasteiger partial charge >= 0.3 is 0 Å². The number of benzene rings is 2. The van der Waals surface area contributed by atoms with Gasteiger partial charge in [0.05, 0.1) is 33.2 Å². The molecule has 0 saturated carbocycles. The number of fused-ring (bicyclic) bond motifs is 2. The van der Waals surface area contributed by atoms with Crippen LogP contribution in [0.1, 0.15) is 54.7 Å². The number of nitrogens with zero attached hydrogens (tertiary/aromatic N) is 1. The van der Waals surface area contributed by atoms with Gasteiger partial charge in [-0.3, -0.25) is 0 Å². The number of quaternary nitrogens is 1. The van der Waals surface area contributed by atoms with Gasteiger partial charge in [0.1, 0.15) is 12.2 Å². The Morgan fingerprint density at radius 1 is 0.966 bits per heavy atom. The number of nitrogens with one attached hydrogen (secondary N) is 2. The average molecular weight is 464 g/mol. The van der Waals surface area contributed by atoms with Crippen LogP contribution < -0.4 is 27.6 Å². The SMILES string of the molecule is CCC[N+](C)(C)CC(C)Nc1ccc(NC)c2c1C(O)c1ccccc1C2O.[Br-]. The van der Waals surface area contributed by atoms with Crippen LogP contribution in [0.5, 0.6) is 0 Å². The smallest absolute Gasteiger partial charge is 0.107 e. The third-order valence-corrected chi connectivity index (χ3v) is 5.69. The van der Waals surface area contributed by atoms with Crippen LogP contribution in [0.4, 0.5) is 11.4 Å². The first-order chi connectivity index (χ1) is 13.3. The normalized spacial score (nSPS) is 18.9. The number of anilines is 2. The highest BCUT2D eigenvalue weighted by Crippen LogP contribution is 2.47. The van der Waals surface area contributed by atoms with E-state index in [9.17, 15) is 10.2 Å². The summed E-state index contributed by atoms with van der Waals surface area (Å²) in [6.07, 6.45) is -0.384. The lowest BCUT2D eigenvalue weighted by Gasteiger charge is -2.35. The van der Waals surface area contributed by atoms with Gasteiger partial charge in [0.15, 0.2) is 0 Å². The second-order valence-corrected chi connectivity index (χ2v) is 8.56. The van der Waals surface area contributed by atoms with Gasteiger partial charge in [-0.05, 0) is 36.6 Å². The van der Waals surface area contributed by atoms with Gasteiger partial charge < -0.3 is 42.3 Å². The molecule has 0 fully saturated rings. The first-order valence-corrected chi connectivity index (χ1v) is 10.2. The van der Waals surface area contributed by atoms with Crippen molar-refractivity contribution in [1.29, 1.82) is 0 Å². The Morgan fingerprint density at radius 3 is 2.00 bits per heavy atom. The maximum absolute atomic E-state index is 11.2. The summed E-state index contributed by atoms with van der Waals surface area (Å²) < 4.78 is 0.940. The minimum Gasteiger partial charge on any atom is -1.00 e. The molecule has 0 saturated heterocycles. The van der Waals surface area contributed by atoms with Gasteiger partial charge in [0.2, 0.25) is 0 Å².